The summed E-state index contributed by atoms with van der Waals surface area (Å²) in [6.07, 6.45) is 0.519. The minimum absolute atomic E-state index is 0.0456. The second-order valence-electron chi connectivity index (χ2n) is 3.59. The maximum Gasteiger partial charge on any atom is 0.305 e. The Kier molecular flexibility index (Phi) is 5.93. The summed E-state index contributed by atoms with van der Waals surface area (Å²) in [5, 5.41) is 8.64. The van der Waals surface area contributed by atoms with Crippen LogP contribution in [0.4, 0.5) is 0 Å². The molecule has 0 fully saturated rings. The van der Waals surface area contributed by atoms with Crippen LogP contribution in [0.2, 0.25) is 0 Å². The molecule has 0 aromatic carbocycles. The highest BCUT2D eigenvalue weighted by Crippen LogP contribution is 2.06. The topological polar surface area (TPSA) is 83.6 Å². The van der Waals surface area contributed by atoms with Crippen LogP contribution in [-0.2, 0) is 9.59 Å². The van der Waals surface area contributed by atoms with Crippen LogP contribution >= 0.6 is 0 Å². The van der Waals surface area contributed by atoms with Crippen molar-refractivity contribution < 1.29 is 14.7 Å². The third-order valence-electron chi connectivity index (χ3n) is 2.38. The number of carbonyl (C=O) groups is 2. The number of likely N-dealkylation sites (N-methyl/N-ethyl adjacent to an activating group) is 1. The first-order chi connectivity index (χ1) is 6.93. The average molecular weight is 216 g/mol. The zero-order valence-electron chi connectivity index (χ0n) is 9.56. The van der Waals surface area contributed by atoms with E-state index in [0.717, 1.165) is 0 Å². The van der Waals surface area contributed by atoms with Crippen molar-refractivity contribution in [2.75, 3.05) is 6.54 Å². The lowest BCUT2D eigenvalue weighted by Gasteiger charge is -2.29. The molecule has 0 aromatic heterocycles. The van der Waals surface area contributed by atoms with E-state index >= 15 is 0 Å². The van der Waals surface area contributed by atoms with Crippen molar-refractivity contribution in [3.8, 4) is 0 Å². The van der Waals surface area contributed by atoms with Gasteiger partial charge in [-0.15, -0.1) is 0 Å². The third kappa shape index (κ3) is 4.29. The zero-order chi connectivity index (χ0) is 12.0. The van der Waals surface area contributed by atoms with Crippen molar-refractivity contribution in [2.45, 2.75) is 45.7 Å². The van der Waals surface area contributed by atoms with E-state index in [1.165, 1.54) is 4.90 Å². The second-order valence-corrected chi connectivity index (χ2v) is 3.59. The molecule has 0 radical (unpaired) electrons. The minimum Gasteiger partial charge on any atom is -0.481 e. The third-order valence-corrected chi connectivity index (χ3v) is 2.38. The molecule has 3 N–H and O–H groups in total. The number of rotatable bonds is 6. The van der Waals surface area contributed by atoms with Crippen LogP contribution in [0.3, 0.4) is 0 Å². The van der Waals surface area contributed by atoms with Gasteiger partial charge in [-0.05, 0) is 20.3 Å². The van der Waals surface area contributed by atoms with Crippen molar-refractivity contribution >= 4 is 11.9 Å². The van der Waals surface area contributed by atoms with Gasteiger partial charge in [0.25, 0.3) is 0 Å². The summed E-state index contributed by atoms with van der Waals surface area (Å²) in [5.74, 6) is -1.08. The van der Waals surface area contributed by atoms with Crippen molar-refractivity contribution in [1.29, 1.82) is 0 Å². The molecule has 0 saturated heterocycles. The molecule has 15 heavy (non-hydrogen) atoms. The summed E-state index contributed by atoms with van der Waals surface area (Å²) in [5.41, 5.74) is 5.62. The van der Waals surface area contributed by atoms with E-state index in [-0.39, 0.29) is 18.4 Å². The molecule has 1 unspecified atom stereocenters. The molecule has 0 saturated carbocycles. The van der Waals surface area contributed by atoms with Gasteiger partial charge in [-0.2, -0.15) is 0 Å². The molecule has 0 aromatic rings. The van der Waals surface area contributed by atoms with Crippen molar-refractivity contribution in [2.24, 2.45) is 5.73 Å². The van der Waals surface area contributed by atoms with Crippen LogP contribution < -0.4 is 5.73 Å². The van der Waals surface area contributed by atoms with Crippen LogP contribution in [0, 0.1) is 0 Å². The van der Waals surface area contributed by atoms with Crippen molar-refractivity contribution in [3.05, 3.63) is 0 Å². The quantitative estimate of drug-likeness (QED) is 0.674. The van der Waals surface area contributed by atoms with Crippen molar-refractivity contribution in [3.63, 3.8) is 0 Å². The SMILES string of the molecule is CC[C@H](N)C(=O)N(CC)C(C)CC(=O)O. The Balaban J connectivity index is 4.46. The number of hydrogen-bond donors (Lipinski definition) is 2. The van der Waals surface area contributed by atoms with Crippen LogP contribution in [0.1, 0.15) is 33.6 Å². The molecule has 0 aliphatic carbocycles. The number of carbonyl (C=O) groups excluding carboxylic acids is 1. The van der Waals surface area contributed by atoms with Crippen molar-refractivity contribution in [1.82, 2.24) is 4.90 Å². The summed E-state index contributed by atoms with van der Waals surface area (Å²) in [7, 11) is 0. The lowest BCUT2D eigenvalue weighted by molar-refractivity contribution is -0.140. The Morgan fingerprint density at radius 3 is 2.27 bits per heavy atom. The first-order valence-electron chi connectivity index (χ1n) is 5.21. The molecule has 0 heterocycles. The predicted octanol–water partition coefficient (Wildman–Crippen LogP) is 0.435. The maximum atomic E-state index is 11.7. The van der Waals surface area contributed by atoms with Gasteiger partial charge in [-0.25, -0.2) is 0 Å². The summed E-state index contributed by atoms with van der Waals surface area (Å²) in [4.78, 5) is 23.8. The molecule has 2 atom stereocenters. The fraction of sp³-hybridized carbons (Fsp3) is 0.800. The fourth-order valence-electron chi connectivity index (χ4n) is 1.44. The van der Waals surface area contributed by atoms with Crippen LogP contribution in [-0.4, -0.2) is 40.5 Å². The monoisotopic (exact) mass is 216 g/mol. The summed E-state index contributed by atoms with van der Waals surface area (Å²) < 4.78 is 0. The van der Waals surface area contributed by atoms with E-state index in [1.54, 1.807) is 6.92 Å². The number of amides is 1. The molecule has 88 valence electrons. The summed E-state index contributed by atoms with van der Waals surface area (Å²) in [6.45, 7) is 5.86. The molecule has 0 aliphatic rings. The number of aliphatic carboxylic acids is 1. The van der Waals surface area contributed by atoms with Gasteiger partial charge < -0.3 is 15.7 Å². The standard InChI is InChI=1S/C10H20N2O3/c1-4-8(11)10(15)12(5-2)7(3)6-9(13)14/h7-8H,4-6,11H2,1-3H3,(H,13,14)/t7?,8-/m0/s1. The molecular weight excluding hydrogens is 196 g/mol. The molecule has 0 aliphatic heterocycles. The van der Waals surface area contributed by atoms with Gasteiger partial charge in [0.2, 0.25) is 5.91 Å². The van der Waals surface area contributed by atoms with Crippen LogP contribution in [0.5, 0.6) is 0 Å². The van der Waals surface area contributed by atoms with E-state index < -0.39 is 12.0 Å². The van der Waals surface area contributed by atoms with Gasteiger partial charge in [0, 0.05) is 12.6 Å². The Hall–Kier alpha value is -1.10. The molecular formula is C10H20N2O3. The van der Waals surface area contributed by atoms with Gasteiger partial charge in [-0.3, -0.25) is 9.59 Å². The zero-order valence-corrected chi connectivity index (χ0v) is 9.56. The summed E-state index contributed by atoms with van der Waals surface area (Å²) in [6, 6.07) is -0.834. The first kappa shape index (κ1) is 13.9. The first-order valence-corrected chi connectivity index (χ1v) is 5.21. The maximum absolute atomic E-state index is 11.7. The molecule has 5 nitrogen and oxygen atoms in total. The largest absolute Gasteiger partial charge is 0.481 e. The van der Waals surface area contributed by atoms with Gasteiger partial charge in [0.05, 0.1) is 12.5 Å². The highest BCUT2D eigenvalue weighted by Gasteiger charge is 2.24. The Morgan fingerprint density at radius 1 is 1.40 bits per heavy atom. The van der Waals surface area contributed by atoms with Gasteiger partial charge >= 0.3 is 5.97 Å². The predicted molar refractivity (Wildman–Crippen MR) is 57.4 cm³/mol. The van der Waals surface area contributed by atoms with Gasteiger partial charge in [0.1, 0.15) is 0 Å². The van der Waals surface area contributed by atoms with Crippen LogP contribution in [0.15, 0.2) is 0 Å². The Labute approximate surface area is 90.2 Å². The summed E-state index contributed by atoms with van der Waals surface area (Å²) >= 11 is 0. The fourth-order valence-corrected chi connectivity index (χ4v) is 1.44. The van der Waals surface area contributed by atoms with E-state index in [0.29, 0.717) is 13.0 Å². The average Bonchev–Trinajstić information content (AvgIpc) is 2.16. The van der Waals surface area contributed by atoms with Gasteiger partial charge in [0.15, 0.2) is 0 Å². The number of carboxylic acid groups (broad SMARTS) is 1. The number of carboxylic acids is 1. The van der Waals surface area contributed by atoms with E-state index in [2.05, 4.69) is 0 Å². The smallest absolute Gasteiger partial charge is 0.305 e. The molecule has 1 amide bonds. The Morgan fingerprint density at radius 2 is 1.93 bits per heavy atom. The molecule has 0 spiro atoms. The minimum atomic E-state index is -0.904. The molecule has 0 rings (SSSR count). The molecule has 5 heteroatoms. The van der Waals surface area contributed by atoms with E-state index in [9.17, 15) is 9.59 Å². The highest BCUT2D eigenvalue weighted by molar-refractivity contribution is 5.82. The van der Waals surface area contributed by atoms with Crippen LogP contribution in [0.25, 0.3) is 0 Å². The molecule has 0 bridgehead atoms. The lowest BCUT2D eigenvalue weighted by Crippen LogP contribution is -2.48. The number of nitrogens with two attached hydrogens (primary N) is 1. The second kappa shape index (κ2) is 6.40. The Bertz CT molecular complexity index is 231. The lowest BCUT2D eigenvalue weighted by atomic mass is 10.1. The number of nitrogens with zero attached hydrogens (tertiary/aromatic N) is 1. The van der Waals surface area contributed by atoms with Gasteiger partial charge in [-0.1, -0.05) is 6.92 Å². The normalized spacial score (nSPS) is 14.4. The van der Waals surface area contributed by atoms with E-state index in [1.807, 2.05) is 13.8 Å². The van der Waals surface area contributed by atoms with E-state index in [4.69, 9.17) is 10.8 Å². The number of hydrogen-bond acceptors (Lipinski definition) is 3. The highest BCUT2D eigenvalue weighted by atomic mass is 16.4.